The maximum Gasteiger partial charge on any atom is 0.244 e. The summed E-state index contributed by atoms with van der Waals surface area (Å²) in [7, 11) is 0. The minimum Gasteiger partial charge on any atom is -0.323 e. The van der Waals surface area contributed by atoms with Crippen LogP contribution >= 0.6 is 15.9 Å². The Kier molecular flexibility index (Phi) is 3.26. The van der Waals surface area contributed by atoms with E-state index in [1.54, 1.807) is 17.1 Å². The summed E-state index contributed by atoms with van der Waals surface area (Å²) >= 11 is 3.37. The topological polar surface area (TPSA) is 61.2 Å². The molecule has 1 saturated heterocycles. The van der Waals surface area contributed by atoms with Gasteiger partial charge in [0.1, 0.15) is 5.54 Å². The van der Waals surface area contributed by atoms with E-state index in [0.29, 0.717) is 6.54 Å². The fourth-order valence-corrected chi connectivity index (χ4v) is 2.96. The van der Waals surface area contributed by atoms with E-state index in [-0.39, 0.29) is 11.7 Å². The Labute approximate surface area is 130 Å². The van der Waals surface area contributed by atoms with E-state index in [1.807, 2.05) is 30.3 Å². The smallest absolute Gasteiger partial charge is 0.244 e. The number of β-lactam (4-membered cyclic amide) rings is 1. The predicted octanol–water partition coefficient (Wildman–Crippen LogP) is 2.36. The highest BCUT2D eigenvalue weighted by Gasteiger charge is 2.58. The minimum atomic E-state index is -0.785. The lowest BCUT2D eigenvalue weighted by molar-refractivity contribution is -0.157. The number of nitrogens with zero attached hydrogens (tertiary/aromatic N) is 2. The molecule has 1 atom stereocenters. The van der Waals surface area contributed by atoms with Crippen molar-refractivity contribution in [3.05, 3.63) is 58.6 Å². The first-order chi connectivity index (χ1) is 10.1. The zero-order chi connectivity index (χ0) is 15.0. The zero-order valence-electron chi connectivity index (χ0n) is 11.0. The van der Waals surface area contributed by atoms with Crippen LogP contribution in [0.15, 0.2) is 53.0 Å². The molecule has 1 aliphatic heterocycles. The summed E-state index contributed by atoms with van der Waals surface area (Å²) < 4.78 is 0.967. The van der Waals surface area contributed by atoms with Crippen LogP contribution in [0.4, 0.5) is 0 Å². The van der Waals surface area contributed by atoms with Crippen LogP contribution in [-0.2, 0) is 16.1 Å². The second kappa shape index (κ2) is 4.97. The van der Waals surface area contributed by atoms with Crippen molar-refractivity contribution >= 4 is 27.6 Å². The van der Waals surface area contributed by atoms with Gasteiger partial charge in [0.2, 0.25) is 5.91 Å². The number of hydrogen-bond donors (Lipinski definition) is 0. The highest BCUT2D eigenvalue weighted by molar-refractivity contribution is 9.10. The third-order valence-electron chi connectivity index (χ3n) is 3.86. The van der Waals surface area contributed by atoms with Crippen molar-refractivity contribution in [2.45, 2.75) is 12.1 Å². The molecule has 1 unspecified atom stereocenters. The van der Waals surface area contributed by atoms with Gasteiger partial charge in [-0.1, -0.05) is 28.1 Å². The number of halogens is 1. The van der Waals surface area contributed by atoms with Crippen molar-refractivity contribution < 1.29 is 9.59 Å². The molecular weight excluding hydrogens is 332 g/mol. The maximum absolute atomic E-state index is 12.2. The van der Waals surface area contributed by atoms with Gasteiger partial charge in [0.15, 0.2) is 11.7 Å². The average molecular weight is 343 g/mol. The molecule has 1 heterocycles. The van der Waals surface area contributed by atoms with Gasteiger partial charge in [-0.15, -0.1) is 0 Å². The van der Waals surface area contributed by atoms with Crippen LogP contribution in [-0.4, -0.2) is 22.1 Å². The van der Waals surface area contributed by atoms with Crippen LogP contribution in [0.3, 0.4) is 0 Å². The largest absolute Gasteiger partial charge is 0.323 e. The molecule has 2 aliphatic rings. The van der Waals surface area contributed by atoms with Gasteiger partial charge in [-0.2, -0.15) is 5.26 Å². The van der Waals surface area contributed by atoms with Crippen molar-refractivity contribution in [1.82, 2.24) is 4.90 Å². The number of carbonyl (C=O) groups excluding carboxylic acids is 2. The molecular formula is C16H11BrN2O2. The number of allylic oxidation sites excluding steroid dienone is 2. The first-order valence-electron chi connectivity index (χ1n) is 6.45. The summed E-state index contributed by atoms with van der Waals surface area (Å²) in [5.74, 6) is -1.09. The molecule has 0 aromatic heterocycles. The van der Waals surface area contributed by atoms with Gasteiger partial charge in [-0.25, -0.2) is 0 Å². The summed E-state index contributed by atoms with van der Waals surface area (Å²) in [6.45, 7) is 0.410. The molecule has 5 heteroatoms. The molecule has 1 aromatic rings. The predicted molar refractivity (Wildman–Crippen MR) is 79.8 cm³/mol. The van der Waals surface area contributed by atoms with E-state index in [4.69, 9.17) is 0 Å². The SMILES string of the molecule is N#CC1C(=O)N(Cc2ccc(Br)cc2)C12C=CC(=O)C=C2. The highest BCUT2D eigenvalue weighted by atomic mass is 79.9. The third-order valence-corrected chi connectivity index (χ3v) is 4.38. The van der Waals surface area contributed by atoms with E-state index in [0.717, 1.165) is 10.0 Å². The number of carbonyl (C=O) groups is 2. The number of nitriles is 1. The molecule has 0 N–H and O–H groups in total. The molecule has 104 valence electrons. The molecule has 1 aliphatic carbocycles. The maximum atomic E-state index is 12.2. The molecule has 4 nitrogen and oxygen atoms in total. The standard InChI is InChI=1S/C16H11BrN2O2/c17-12-3-1-11(2-4-12)10-19-15(21)14(9-18)16(19)7-5-13(20)6-8-16/h1-8,14H,10H2. The summed E-state index contributed by atoms with van der Waals surface area (Å²) in [6.07, 6.45) is 6.16. The van der Waals surface area contributed by atoms with Crippen LogP contribution in [0.1, 0.15) is 5.56 Å². The second-order valence-corrected chi connectivity index (χ2v) is 5.98. The van der Waals surface area contributed by atoms with E-state index in [1.165, 1.54) is 12.2 Å². The van der Waals surface area contributed by atoms with E-state index >= 15 is 0 Å². The van der Waals surface area contributed by atoms with Crippen molar-refractivity contribution in [3.63, 3.8) is 0 Å². The molecule has 3 rings (SSSR count). The molecule has 21 heavy (non-hydrogen) atoms. The Morgan fingerprint density at radius 3 is 2.38 bits per heavy atom. The van der Waals surface area contributed by atoms with Gasteiger partial charge >= 0.3 is 0 Å². The average Bonchev–Trinajstić information content (AvgIpc) is 2.49. The zero-order valence-corrected chi connectivity index (χ0v) is 12.6. The van der Waals surface area contributed by atoms with Crippen LogP contribution in [0.25, 0.3) is 0 Å². The van der Waals surface area contributed by atoms with Gasteiger partial charge in [-0.05, 0) is 42.0 Å². The second-order valence-electron chi connectivity index (χ2n) is 5.07. The van der Waals surface area contributed by atoms with Crippen LogP contribution in [0.2, 0.25) is 0 Å². The normalized spacial score (nSPS) is 22.3. The molecule has 0 bridgehead atoms. The van der Waals surface area contributed by atoms with Crippen molar-refractivity contribution in [1.29, 1.82) is 5.26 Å². The lowest BCUT2D eigenvalue weighted by Gasteiger charge is -2.52. The summed E-state index contributed by atoms with van der Waals surface area (Å²) in [5, 5.41) is 9.20. The highest BCUT2D eigenvalue weighted by Crippen LogP contribution is 2.42. The number of benzene rings is 1. The lowest BCUT2D eigenvalue weighted by Crippen LogP contribution is -2.68. The third kappa shape index (κ3) is 2.12. The minimum absolute atomic E-state index is 0.125. The van der Waals surface area contributed by atoms with Crippen molar-refractivity contribution in [3.8, 4) is 6.07 Å². The number of rotatable bonds is 2. The summed E-state index contributed by atoms with van der Waals surface area (Å²) in [4.78, 5) is 25.1. The Morgan fingerprint density at radius 2 is 1.81 bits per heavy atom. The van der Waals surface area contributed by atoms with E-state index in [9.17, 15) is 14.9 Å². The van der Waals surface area contributed by atoms with Crippen molar-refractivity contribution in [2.24, 2.45) is 5.92 Å². The lowest BCUT2D eigenvalue weighted by atomic mass is 9.71. The first kappa shape index (κ1) is 13.8. The van der Waals surface area contributed by atoms with E-state index in [2.05, 4.69) is 15.9 Å². The number of ketones is 1. The van der Waals surface area contributed by atoms with Crippen LogP contribution in [0, 0.1) is 17.2 Å². The molecule has 1 aromatic carbocycles. The molecule has 0 saturated carbocycles. The van der Waals surface area contributed by atoms with Crippen molar-refractivity contribution in [2.75, 3.05) is 0 Å². The summed E-state index contributed by atoms with van der Waals surface area (Å²) in [6, 6.07) is 9.70. The Bertz CT molecular complexity index is 697. The summed E-state index contributed by atoms with van der Waals surface area (Å²) in [5.41, 5.74) is 0.188. The quantitative estimate of drug-likeness (QED) is 0.775. The fraction of sp³-hybridized carbons (Fsp3) is 0.188. The molecule has 1 fully saturated rings. The van der Waals surface area contributed by atoms with Gasteiger partial charge in [0.05, 0.1) is 6.07 Å². The van der Waals surface area contributed by atoms with Crippen LogP contribution in [0.5, 0.6) is 0 Å². The Morgan fingerprint density at radius 1 is 1.19 bits per heavy atom. The van der Waals surface area contributed by atoms with Gasteiger partial charge < -0.3 is 4.90 Å². The van der Waals surface area contributed by atoms with Crippen LogP contribution < -0.4 is 0 Å². The number of hydrogen-bond acceptors (Lipinski definition) is 3. The number of amides is 1. The van der Waals surface area contributed by atoms with E-state index < -0.39 is 11.5 Å². The van der Waals surface area contributed by atoms with Gasteiger partial charge in [0.25, 0.3) is 0 Å². The monoisotopic (exact) mass is 342 g/mol. The van der Waals surface area contributed by atoms with Gasteiger partial charge in [-0.3, -0.25) is 9.59 Å². The first-order valence-corrected chi connectivity index (χ1v) is 7.24. The molecule has 1 amide bonds. The molecule has 0 radical (unpaired) electrons. The fourth-order valence-electron chi connectivity index (χ4n) is 2.69. The Balaban J connectivity index is 1.91. The Hall–Kier alpha value is -2.19. The number of likely N-dealkylation sites (tertiary alicyclic amines) is 1. The molecule has 1 spiro atoms. The van der Waals surface area contributed by atoms with Gasteiger partial charge in [0, 0.05) is 11.0 Å².